The Morgan fingerprint density at radius 1 is 1.30 bits per heavy atom. The third-order valence-corrected chi connectivity index (χ3v) is 4.49. The summed E-state index contributed by atoms with van der Waals surface area (Å²) in [7, 11) is 0.0157. The van der Waals surface area contributed by atoms with Crippen LogP contribution in [0.3, 0.4) is 0 Å². The summed E-state index contributed by atoms with van der Waals surface area (Å²) in [6.45, 7) is 3.96. The molecular formula is C15H17NO3S. The van der Waals surface area contributed by atoms with Gasteiger partial charge in [-0.2, -0.15) is 4.73 Å². The lowest BCUT2D eigenvalue weighted by molar-refractivity contribution is -0.646. The molecule has 2 aromatic rings. The predicted octanol–water partition coefficient (Wildman–Crippen LogP) is 2.25. The highest BCUT2D eigenvalue weighted by Crippen LogP contribution is 2.21. The van der Waals surface area contributed by atoms with Crippen LogP contribution in [0, 0.1) is 19.1 Å². The summed E-state index contributed by atoms with van der Waals surface area (Å²) in [5.74, 6) is 0.655. The summed E-state index contributed by atoms with van der Waals surface area (Å²) in [6, 6.07) is 9.22. The summed E-state index contributed by atoms with van der Waals surface area (Å²) in [6.07, 6.45) is 1.33. The van der Waals surface area contributed by atoms with E-state index in [-0.39, 0.29) is 5.03 Å². The maximum Gasteiger partial charge on any atom is 0.324 e. The molecule has 0 saturated carbocycles. The molecule has 0 saturated heterocycles. The van der Waals surface area contributed by atoms with Gasteiger partial charge in [0.1, 0.15) is 10.8 Å². The summed E-state index contributed by atoms with van der Waals surface area (Å²) in [5, 5.41) is 12.0. The van der Waals surface area contributed by atoms with Gasteiger partial charge in [-0.25, -0.2) is 4.21 Å². The molecule has 0 N–H and O–H groups in total. The number of hydrogen-bond acceptors (Lipinski definition) is 3. The molecule has 0 aliphatic rings. The monoisotopic (exact) mass is 291 g/mol. The number of methoxy groups -OCH3 is 1. The highest BCUT2D eigenvalue weighted by atomic mass is 32.2. The lowest BCUT2D eigenvalue weighted by atomic mass is 10.1. The van der Waals surface area contributed by atoms with Crippen molar-refractivity contribution in [3.63, 3.8) is 0 Å². The van der Waals surface area contributed by atoms with Crippen molar-refractivity contribution in [1.82, 2.24) is 0 Å². The van der Waals surface area contributed by atoms with Crippen LogP contribution in [0.5, 0.6) is 5.75 Å². The SMILES string of the molecule is COc1ccc[n+]([O-])c1S(=O)Cc1cc(C)ccc1C. The van der Waals surface area contributed by atoms with Gasteiger partial charge < -0.3 is 9.94 Å². The van der Waals surface area contributed by atoms with E-state index < -0.39 is 10.8 Å². The van der Waals surface area contributed by atoms with Crippen molar-refractivity contribution in [2.24, 2.45) is 0 Å². The molecule has 20 heavy (non-hydrogen) atoms. The van der Waals surface area contributed by atoms with E-state index in [1.807, 2.05) is 32.0 Å². The second kappa shape index (κ2) is 6.05. The lowest BCUT2D eigenvalue weighted by Gasteiger charge is -2.10. The highest BCUT2D eigenvalue weighted by molar-refractivity contribution is 7.84. The van der Waals surface area contributed by atoms with Crippen molar-refractivity contribution in [3.05, 3.63) is 58.4 Å². The molecule has 1 aromatic carbocycles. The van der Waals surface area contributed by atoms with E-state index >= 15 is 0 Å². The third kappa shape index (κ3) is 2.99. The fourth-order valence-electron chi connectivity index (χ4n) is 1.99. The first-order valence-corrected chi connectivity index (χ1v) is 7.55. The molecule has 5 heteroatoms. The van der Waals surface area contributed by atoms with Crippen LogP contribution in [0.2, 0.25) is 0 Å². The Morgan fingerprint density at radius 3 is 2.75 bits per heavy atom. The van der Waals surface area contributed by atoms with Gasteiger partial charge in [-0.3, -0.25) is 0 Å². The molecule has 0 aliphatic heterocycles. The molecule has 1 heterocycles. The van der Waals surface area contributed by atoms with Crippen LogP contribution in [-0.2, 0) is 16.6 Å². The van der Waals surface area contributed by atoms with Crippen molar-refractivity contribution < 1.29 is 13.7 Å². The molecule has 0 aliphatic carbocycles. The molecule has 106 valence electrons. The molecule has 0 radical (unpaired) electrons. The lowest BCUT2D eigenvalue weighted by Crippen LogP contribution is -2.32. The van der Waals surface area contributed by atoms with Gasteiger partial charge in [0.2, 0.25) is 5.75 Å². The van der Waals surface area contributed by atoms with E-state index in [0.717, 1.165) is 16.7 Å². The Morgan fingerprint density at radius 2 is 2.05 bits per heavy atom. The normalized spacial score (nSPS) is 12.2. The van der Waals surface area contributed by atoms with E-state index in [0.29, 0.717) is 16.2 Å². The smallest absolute Gasteiger partial charge is 0.324 e. The van der Waals surface area contributed by atoms with Gasteiger partial charge in [0, 0.05) is 6.07 Å². The number of hydrogen-bond donors (Lipinski definition) is 0. The zero-order chi connectivity index (χ0) is 14.7. The molecular weight excluding hydrogens is 274 g/mol. The van der Waals surface area contributed by atoms with Crippen molar-refractivity contribution in [1.29, 1.82) is 0 Å². The van der Waals surface area contributed by atoms with Crippen LogP contribution in [-0.4, -0.2) is 11.3 Å². The Labute approximate surface area is 121 Å². The fourth-order valence-corrected chi connectivity index (χ4v) is 3.36. The summed E-state index contributed by atoms with van der Waals surface area (Å²) < 4.78 is 18.2. The zero-order valence-electron chi connectivity index (χ0n) is 11.8. The Kier molecular flexibility index (Phi) is 4.39. The van der Waals surface area contributed by atoms with Crippen LogP contribution < -0.4 is 9.47 Å². The Bertz CT molecular complexity index is 656. The molecule has 0 spiro atoms. The van der Waals surface area contributed by atoms with Gasteiger partial charge >= 0.3 is 5.03 Å². The van der Waals surface area contributed by atoms with Crippen molar-refractivity contribution in [2.45, 2.75) is 24.6 Å². The van der Waals surface area contributed by atoms with Crippen molar-refractivity contribution >= 4 is 10.8 Å². The molecule has 1 atom stereocenters. The van der Waals surface area contributed by atoms with Gasteiger partial charge in [0.15, 0.2) is 6.20 Å². The number of rotatable bonds is 4. The minimum absolute atomic E-state index is 0.163. The van der Waals surface area contributed by atoms with Gasteiger partial charge in [0.25, 0.3) is 0 Å². The predicted molar refractivity (Wildman–Crippen MR) is 78.0 cm³/mol. The van der Waals surface area contributed by atoms with E-state index in [1.54, 1.807) is 12.1 Å². The Hall–Kier alpha value is -1.88. The molecule has 0 fully saturated rings. The average Bonchev–Trinajstić information content (AvgIpc) is 2.42. The first-order valence-electron chi connectivity index (χ1n) is 6.23. The number of nitrogens with zero attached hydrogens (tertiary/aromatic N) is 1. The summed E-state index contributed by atoms with van der Waals surface area (Å²) in [4.78, 5) is 0. The largest absolute Gasteiger partial charge is 0.618 e. The number of benzene rings is 1. The summed E-state index contributed by atoms with van der Waals surface area (Å²) >= 11 is 0. The molecule has 2 rings (SSSR count). The van der Waals surface area contributed by atoms with E-state index in [2.05, 4.69) is 0 Å². The second-order valence-corrected chi connectivity index (χ2v) is 5.99. The van der Waals surface area contributed by atoms with Crippen LogP contribution in [0.15, 0.2) is 41.6 Å². The number of pyridine rings is 1. The number of aromatic nitrogens is 1. The maximum atomic E-state index is 12.5. The van der Waals surface area contributed by atoms with Gasteiger partial charge in [-0.05, 0) is 31.0 Å². The average molecular weight is 291 g/mol. The first-order chi connectivity index (χ1) is 9.52. The minimum atomic E-state index is -1.45. The standard InChI is InChI=1S/C15H17NO3S/c1-11-6-7-12(2)13(9-11)10-20(18)15-14(19-3)5-4-8-16(15)17/h4-9H,10H2,1-3H3. The van der Waals surface area contributed by atoms with E-state index in [9.17, 15) is 9.42 Å². The number of ether oxygens (including phenoxy) is 1. The Balaban J connectivity index is 2.36. The van der Waals surface area contributed by atoms with Crippen molar-refractivity contribution in [3.8, 4) is 5.75 Å². The molecule has 1 aromatic heterocycles. The van der Waals surface area contributed by atoms with Crippen molar-refractivity contribution in [2.75, 3.05) is 7.11 Å². The molecule has 4 nitrogen and oxygen atoms in total. The van der Waals surface area contributed by atoms with Gasteiger partial charge in [-0.1, -0.05) is 23.8 Å². The van der Waals surface area contributed by atoms with Crippen LogP contribution in [0.1, 0.15) is 16.7 Å². The minimum Gasteiger partial charge on any atom is -0.618 e. The molecule has 0 amide bonds. The molecule has 0 bridgehead atoms. The van der Waals surface area contributed by atoms with Gasteiger partial charge in [-0.15, -0.1) is 0 Å². The highest BCUT2D eigenvalue weighted by Gasteiger charge is 2.21. The van der Waals surface area contributed by atoms with Gasteiger partial charge in [0.05, 0.1) is 12.9 Å². The van der Waals surface area contributed by atoms with E-state index in [4.69, 9.17) is 4.74 Å². The quantitative estimate of drug-likeness (QED) is 0.641. The third-order valence-electron chi connectivity index (χ3n) is 3.11. The topological polar surface area (TPSA) is 53.2 Å². The maximum absolute atomic E-state index is 12.5. The summed E-state index contributed by atoms with van der Waals surface area (Å²) in [5.41, 5.74) is 3.16. The molecule has 1 unspecified atom stereocenters. The van der Waals surface area contributed by atoms with Crippen LogP contribution >= 0.6 is 0 Å². The second-order valence-electron chi connectivity index (χ2n) is 4.63. The zero-order valence-corrected chi connectivity index (χ0v) is 12.6. The number of aryl methyl sites for hydroxylation is 2. The first kappa shape index (κ1) is 14.5. The van der Waals surface area contributed by atoms with Crippen LogP contribution in [0.4, 0.5) is 0 Å². The van der Waals surface area contributed by atoms with E-state index in [1.165, 1.54) is 13.3 Å². The fraction of sp³-hybridized carbons (Fsp3) is 0.267. The van der Waals surface area contributed by atoms with Crippen LogP contribution in [0.25, 0.3) is 0 Å².